The summed E-state index contributed by atoms with van der Waals surface area (Å²) in [6.45, 7) is -0.449. The number of hydrogen-bond acceptors (Lipinski definition) is 16. The molecule has 0 spiro atoms. The average Bonchev–Trinajstić information content (AvgIpc) is 3.25. The molecule has 0 aromatic carbocycles. The van der Waals surface area contributed by atoms with Crippen molar-refractivity contribution in [1.82, 2.24) is 0 Å². The number of aliphatic hydroxyl groups excluding tert-OH is 8. The summed E-state index contributed by atoms with van der Waals surface area (Å²) in [5.41, 5.74) is 0. The van der Waals surface area contributed by atoms with Crippen molar-refractivity contribution >= 4 is 11.9 Å². The molecule has 3 aliphatic rings. The van der Waals surface area contributed by atoms with Gasteiger partial charge in [-0.25, -0.2) is 0 Å². The predicted octanol–water partition coefficient (Wildman–Crippen LogP) is 4.38. The number of carbonyl (C=O) groups is 2. The van der Waals surface area contributed by atoms with Crippen molar-refractivity contribution in [3.63, 3.8) is 0 Å². The molecule has 0 saturated carbocycles. The van der Waals surface area contributed by atoms with Gasteiger partial charge in [0.15, 0.2) is 12.6 Å². The molecule has 0 aromatic rings. The zero-order chi connectivity index (χ0) is 45.0. The second-order valence-corrected chi connectivity index (χ2v) is 17.8. The van der Waals surface area contributed by atoms with Crippen LogP contribution in [0.25, 0.3) is 0 Å². The number of fused-ring (bicyclic) bond motifs is 4. The number of unbranched alkanes of at least 4 members (excludes halogenated alkanes) is 22. The van der Waals surface area contributed by atoms with E-state index in [1.165, 1.54) is 38.5 Å². The molecule has 12 atom stereocenters. The molecule has 3 saturated heterocycles. The van der Waals surface area contributed by atoms with Gasteiger partial charge in [-0.05, 0) is 25.7 Å². The van der Waals surface area contributed by atoms with Crippen molar-refractivity contribution in [3.05, 3.63) is 0 Å². The van der Waals surface area contributed by atoms with Gasteiger partial charge in [-0.2, -0.15) is 0 Å². The summed E-state index contributed by atoms with van der Waals surface area (Å²) in [4.78, 5) is 26.5. The maximum atomic E-state index is 13.2. The first-order valence-corrected chi connectivity index (χ1v) is 24.3. The normalized spacial score (nSPS) is 31.5. The smallest absolute Gasteiger partial charge is 0.308 e. The largest absolute Gasteiger partial charge is 0.463 e. The van der Waals surface area contributed by atoms with Crippen molar-refractivity contribution in [2.24, 2.45) is 0 Å². The van der Waals surface area contributed by atoms with Crippen LogP contribution in [-0.2, 0) is 38.0 Å². The summed E-state index contributed by atoms with van der Waals surface area (Å²) in [5, 5.41) is 82.6. The second-order valence-electron chi connectivity index (χ2n) is 17.8. The first kappa shape index (κ1) is 54.8. The Labute approximate surface area is 370 Å². The number of rotatable bonds is 28. The van der Waals surface area contributed by atoms with E-state index in [2.05, 4.69) is 0 Å². The van der Waals surface area contributed by atoms with Crippen LogP contribution in [0, 0.1) is 0 Å². The number of carbonyl (C=O) groups excluding carboxylic acids is 2. The van der Waals surface area contributed by atoms with E-state index in [0.717, 1.165) is 103 Å². The Kier molecular flexibility index (Phi) is 29.2. The van der Waals surface area contributed by atoms with E-state index < -0.39 is 98.8 Å². The van der Waals surface area contributed by atoms with Crippen LogP contribution < -0.4 is 0 Å². The lowest BCUT2D eigenvalue weighted by molar-refractivity contribution is -0.316. The van der Waals surface area contributed by atoms with Gasteiger partial charge in [0, 0.05) is 13.2 Å². The topological polar surface area (TPSA) is 251 Å². The molecule has 8 N–H and O–H groups in total. The van der Waals surface area contributed by atoms with E-state index in [-0.39, 0.29) is 26.1 Å². The van der Waals surface area contributed by atoms with Gasteiger partial charge in [0.05, 0.1) is 25.0 Å². The molecule has 0 radical (unpaired) electrons. The molecule has 16 heteroatoms. The first-order valence-electron chi connectivity index (χ1n) is 24.3. The third kappa shape index (κ3) is 21.6. The molecule has 2 unspecified atom stereocenters. The third-order valence-electron chi connectivity index (χ3n) is 12.5. The Balaban J connectivity index is 1.57. The molecule has 0 aliphatic carbocycles. The van der Waals surface area contributed by atoms with Crippen LogP contribution >= 0.6 is 0 Å². The molecule has 3 rings (SSSR count). The predicted molar refractivity (Wildman–Crippen MR) is 228 cm³/mol. The molecule has 4 bridgehead atoms. The molecule has 3 heterocycles. The zero-order valence-electron chi connectivity index (χ0n) is 37.4. The number of ether oxygens (including phenoxy) is 6. The van der Waals surface area contributed by atoms with Gasteiger partial charge < -0.3 is 69.3 Å². The maximum Gasteiger partial charge on any atom is 0.308 e. The van der Waals surface area contributed by atoms with Gasteiger partial charge in [0.25, 0.3) is 0 Å². The molecule has 3 fully saturated rings. The lowest BCUT2D eigenvalue weighted by Crippen LogP contribution is -2.60. The SMILES string of the molecule is O=C1CC(CCCCCCCCCCCCCCO)O[C@@H]2O[C@H](COC(=O)CC(CCCCCCCCCCCCCCO)O[C@@H]3O[C@H](CO1)[C@@H](O)[C@H](O)[C@H]3O)[C@@H](O)[C@H](O)[C@H]2O. The molecule has 0 aromatic heterocycles. The number of aliphatic hydroxyl groups is 8. The average molecular weight is 893 g/mol. The highest BCUT2D eigenvalue weighted by Crippen LogP contribution is 2.29. The van der Waals surface area contributed by atoms with E-state index in [0.29, 0.717) is 25.7 Å². The minimum atomic E-state index is -1.69. The van der Waals surface area contributed by atoms with Crippen LogP contribution in [-0.4, -0.2) is 153 Å². The van der Waals surface area contributed by atoms with Crippen LogP contribution in [0.4, 0.5) is 0 Å². The molecule has 0 amide bonds. The summed E-state index contributed by atoms with van der Waals surface area (Å²) < 4.78 is 34.9. The highest BCUT2D eigenvalue weighted by molar-refractivity contribution is 5.70. The Morgan fingerprint density at radius 1 is 0.355 bits per heavy atom. The molecule has 3 aliphatic heterocycles. The van der Waals surface area contributed by atoms with Gasteiger partial charge in [-0.1, -0.05) is 141 Å². The van der Waals surface area contributed by atoms with Crippen molar-refractivity contribution < 1.29 is 78.9 Å². The third-order valence-corrected chi connectivity index (χ3v) is 12.5. The molecular weight excluding hydrogens is 808 g/mol. The van der Waals surface area contributed by atoms with E-state index in [1.807, 2.05) is 0 Å². The lowest BCUT2D eigenvalue weighted by atomic mass is 9.98. The highest BCUT2D eigenvalue weighted by Gasteiger charge is 2.47. The van der Waals surface area contributed by atoms with E-state index >= 15 is 0 Å². The van der Waals surface area contributed by atoms with Gasteiger partial charge in [0.2, 0.25) is 0 Å². The fourth-order valence-corrected chi connectivity index (χ4v) is 8.49. The zero-order valence-corrected chi connectivity index (χ0v) is 37.4. The highest BCUT2D eigenvalue weighted by atomic mass is 16.7. The monoisotopic (exact) mass is 893 g/mol. The van der Waals surface area contributed by atoms with Crippen molar-refractivity contribution in [3.8, 4) is 0 Å². The summed E-state index contributed by atoms with van der Waals surface area (Å²) in [6, 6.07) is 0. The number of esters is 2. The van der Waals surface area contributed by atoms with Gasteiger partial charge in [-0.3, -0.25) is 9.59 Å². The standard InChI is InChI=1S/C46H84O16/c47-27-23-19-15-11-7-3-1-5-9-13-17-21-25-33-29-37(49)57-31-36-40(52)42(54)44(56)46(62-36)60-34(26-22-18-14-10-6-2-4-8-12-16-20-24-28-48)30-38(50)58-32-35-39(51)41(53)43(55)45(59-33)61-35/h33-36,39-48,51-56H,1-32H2/t33?,34?,35-,36-,39-,40-,41+,42+,43-,44-,45-,46-/m1/s1. The second kappa shape index (κ2) is 33.0. The fraction of sp³-hybridized carbons (Fsp3) is 0.957. The Morgan fingerprint density at radius 2 is 0.629 bits per heavy atom. The van der Waals surface area contributed by atoms with Crippen LogP contribution in [0.2, 0.25) is 0 Å². The van der Waals surface area contributed by atoms with Gasteiger partial charge >= 0.3 is 11.9 Å². The summed E-state index contributed by atoms with van der Waals surface area (Å²) in [7, 11) is 0. The Bertz CT molecular complexity index is 1060. The summed E-state index contributed by atoms with van der Waals surface area (Å²) >= 11 is 0. The maximum absolute atomic E-state index is 13.2. The minimum Gasteiger partial charge on any atom is -0.463 e. The van der Waals surface area contributed by atoms with Crippen LogP contribution in [0.5, 0.6) is 0 Å². The first-order chi connectivity index (χ1) is 30.0. The quantitative estimate of drug-likeness (QED) is 0.0401. The van der Waals surface area contributed by atoms with E-state index in [9.17, 15) is 40.2 Å². The van der Waals surface area contributed by atoms with Crippen molar-refractivity contribution in [2.45, 2.75) is 253 Å². The molecule has 62 heavy (non-hydrogen) atoms. The Morgan fingerprint density at radius 3 is 0.919 bits per heavy atom. The van der Waals surface area contributed by atoms with Crippen molar-refractivity contribution in [2.75, 3.05) is 26.4 Å². The van der Waals surface area contributed by atoms with E-state index in [1.54, 1.807) is 0 Å². The Hall–Kier alpha value is -1.54. The number of cyclic esters (lactones) is 2. The van der Waals surface area contributed by atoms with Gasteiger partial charge in [0.1, 0.15) is 62.0 Å². The van der Waals surface area contributed by atoms with Crippen LogP contribution in [0.1, 0.15) is 180 Å². The van der Waals surface area contributed by atoms with Crippen LogP contribution in [0.3, 0.4) is 0 Å². The molecule has 16 nitrogen and oxygen atoms in total. The van der Waals surface area contributed by atoms with Crippen molar-refractivity contribution in [1.29, 1.82) is 0 Å². The van der Waals surface area contributed by atoms with E-state index in [4.69, 9.17) is 38.6 Å². The minimum absolute atomic E-state index is 0.256. The summed E-state index contributed by atoms with van der Waals surface area (Å²) in [5.74, 6) is -1.44. The molecule has 364 valence electrons. The lowest BCUT2D eigenvalue weighted by Gasteiger charge is -2.42. The molecular formula is C46H84O16. The number of hydrogen-bond donors (Lipinski definition) is 8. The fourth-order valence-electron chi connectivity index (χ4n) is 8.49. The van der Waals surface area contributed by atoms with Gasteiger partial charge in [-0.15, -0.1) is 0 Å². The summed E-state index contributed by atoms with van der Waals surface area (Å²) in [6.07, 6.45) is 8.24. The van der Waals surface area contributed by atoms with Crippen LogP contribution in [0.15, 0.2) is 0 Å².